The van der Waals surface area contributed by atoms with E-state index < -0.39 is 0 Å². The summed E-state index contributed by atoms with van der Waals surface area (Å²) in [6.07, 6.45) is 8.63. The van der Waals surface area contributed by atoms with Gasteiger partial charge in [0.05, 0.1) is 10.7 Å². The molecule has 1 aromatic heterocycles. The van der Waals surface area contributed by atoms with E-state index in [4.69, 9.17) is 11.6 Å². The van der Waals surface area contributed by atoms with E-state index in [-0.39, 0.29) is 5.54 Å². The van der Waals surface area contributed by atoms with Gasteiger partial charge in [-0.15, -0.1) is 0 Å². The average Bonchev–Trinajstić information content (AvgIpc) is 2.38. The third kappa shape index (κ3) is 3.40. The summed E-state index contributed by atoms with van der Waals surface area (Å²) in [4.78, 5) is 6.40. The lowest BCUT2D eigenvalue weighted by molar-refractivity contribution is 0.0882. The second-order valence-corrected chi connectivity index (χ2v) is 6.44. The van der Waals surface area contributed by atoms with Gasteiger partial charge in [-0.3, -0.25) is 4.98 Å². The number of likely N-dealkylation sites (N-methyl/N-ethyl adjacent to an activating group) is 1. The van der Waals surface area contributed by atoms with Gasteiger partial charge in [0.25, 0.3) is 0 Å². The number of pyridine rings is 1. The Hall–Kier alpha value is -0.800. The van der Waals surface area contributed by atoms with Crippen molar-refractivity contribution in [3.63, 3.8) is 0 Å². The third-order valence-corrected chi connectivity index (χ3v) is 4.70. The van der Waals surface area contributed by atoms with Gasteiger partial charge < -0.3 is 10.2 Å². The minimum atomic E-state index is 0.240. The van der Waals surface area contributed by atoms with Crippen molar-refractivity contribution in [2.45, 2.75) is 38.1 Å². The van der Waals surface area contributed by atoms with Gasteiger partial charge in [0.15, 0.2) is 0 Å². The molecule has 2 unspecified atom stereocenters. The normalized spacial score (nSPS) is 27.5. The molecule has 1 fully saturated rings. The highest BCUT2D eigenvalue weighted by Gasteiger charge is 2.36. The van der Waals surface area contributed by atoms with Crippen molar-refractivity contribution in [1.29, 1.82) is 0 Å². The molecule has 0 bridgehead atoms. The van der Waals surface area contributed by atoms with Gasteiger partial charge in [-0.05, 0) is 38.9 Å². The molecule has 1 heterocycles. The molecule has 2 atom stereocenters. The van der Waals surface area contributed by atoms with E-state index in [0.717, 1.165) is 18.2 Å². The Kier molecular flexibility index (Phi) is 4.69. The molecule has 1 N–H and O–H groups in total. The van der Waals surface area contributed by atoms with Gasteiger partial charge in [-0.1, -0.05) is 31.4 Å². The smallest absolute Gasteiger partial charge is 0.0820 e. The van der Waals surface area contributed by atoms with Crippen LogP contribution in [0.15, 0.2) is 18.5 Å². The second-order valence-electron chi connectivity index (χ2n) is 6.03. The molecule has 0 saturated heterocycles. The number of aromatic nitrogens is 1. The van der Waals surface area contributed by atoms with Crippen LogP contribution in [0.3, 0.4) is 0 Å². The van der Waals surface area contributed by atoms with Crippen LogP contribution < -0.4 is 5.32 Å². The largest absolute Gasteiger partial charge is 0.382 e. The lowest BCUT2D eigenvalue weighted by atomic mass is 9.75. The van der Waals surface area contributed by atoms with Crippen molar-refractivity contribution in [1.82, 2.24) is 9.88 Å². The fourth-order valence-electron chi connectivity index (χ4n) is 3.14. The lowest BCUT2D eigenvalue weighted by Crippen LogP contribution is -2.52. The molecule has 1 aromatic rings. The summed E-state index contributed by atoms with van der Waals surface area (Å²) in [5.74, 6) is 0.797. The maximum absolute atomic E-state index is 6.16. The average molecular weight is 282 g/mol. The summed E-state index contributed by atoms with van der Waals surface area (Å²) in [6.45, 7) is 3.30. The third-order valence-electron chi connectivity index (χ3n) is 4.40. The molecule has 0 aliphatic heterocycles. The van der Waals surface area contributed by atoms with Crippen LogP contribution in [0, 0.1) is 5.92 Å². The zero-order chi connectivity index (χ0) is 13.9. The van der Waals surface area contributed by atoms with E-state index >= 15 is 0 Å². The molecule has 2 rings (SSSR count). The zero-order valence-corrected chi connectivity index (χ0v) is 12.9. The fraction of sp³-hybridized carbons (Fsp3) is 0.667. The summed E-state index contributed by atoms with van der Waals surface area (Å²) in [7, 11) is 4.38. The number of hydrogen-bond donors (Lipinski definition) is 1. The van der Waals surface area contributed by atoms with Crippen LogP contribution in [-0.2, 0) is 0 Å². The molecule has 0 amide bonds. The second kappa shape index (κ2) is 6.10. The lowest BCUT2D eigenvalue weighted by Gasteiger charge is -2.45. The highest BCUT2D eigenvalue weighted by atomic mass is 35.5. The predicted octanol–water partition coefficient (Wildman–Crippen LogP) is 3.66. The van der Waals surface area contributed by atoms with E-state index in [0.29, 0.717) is 5.02 Å². The van der Waals surface area contributed by atoms with E-state index in [1.807, 2.05) is 6.07 Å². The monoisotopic (exact) mass is 281 g/mol. The van der Waals surface area contributed by atoms with E-state index in [1.54, 1.807) is 12.4 Å². The Balaban J connectivity index is 2.07. The van der Waals surface area contributed by atoms with Crippen LogP contribution in [0.4, 0.5) is 5.69 Å². The Labute approximate surface area is 121 Å². The van der Waals surface area contributed by atoms with Crippen molar-refractivity contribution in [2.75, 3.05) is 26.0 Å². The number of anilines is 1. The molecular formula is C15H24ClN3. The summed E-state index contributed by atoms with van der Waals surface area (Å²) in [5, 5.41) is 4.21. The first-order valence-corrected chi connectivity index (χ1v) is 7.42. The van der Waals surface area contributed by atoms with E-state index in [1.165, 1.54) is 25.7 Å². The Morgan fingerprint density at radius 1 is 1.53 bits per heavy atom. The molecule has 106 valence electrons. The van der Waals surface area contributed by atoms with Crippen LogP contribution in [-0.4, -0.2) is 36.1 Å². The molecule has 0 radical (unpaired) electrons. The predicted molar refractivity (Wildman–Crippen MR) is 81.8 cm³/mol. The van der Waals surface area contributed by atoms with Crippen LogP contribution >= 0.6 is 11.6 Å². The van der Waals surface area contributed by atoms with Crippen molar-refractivity contribution in [2.24, 2.45) is 5.92 Å². The SMILES string of the molecule is CC1CCCC(CNc2ccncc2Cl)(N(C)C)C1. The zero-order valence-electron chi connectivity index (χ0n) is 12.1. The van der Waals surface area contributed by atoms with Crippen molar-refractivity contribution < 1.29 is 0 Å². The van der Waals surface area contributed by atoms with Gasteiger partial charge in [-0.25, -0.2) is 0 Å². The number of halogens is 1. The molecule has 1 aliphatic carbocycles. The maximum Gasteiger partial charge on any atom is 0.0820 e. The molecule has 19 heavy (non-hydrogen) atoms. The molecule has 0 aromatic carbocycles. The van der Waals surface area contributed by atoms with Gasteiger partial charge in [0, 0.05) is 24.5 Å². The first-order valence-electron chi connectivity index (χ1n) is 7.04. The molecule has 0 spiro atoms. The minimum absolute atomic E-state index is 0.240. The van der Waals surface area contributed by atoms with Gasteiger partial charge in [0.2, 0.25) is 0 Å². The summed E-state index contributed by atoms with van der Waals surface area (Å²) < 4.78 is 0. The summed E-state index contributed by atoms with van der Waals surface area (Å²) in [6, 6.07) is 1.94. The Morgan fingerprint density at radius 3 is 2.95 bits per heavy atom. The first kappa shape index (κ1) is 14.6. The molecular weight excluding hydrogens is 258 g/mol. The van der Waals surface area contributed by atoms with Crippen LogP contribution in [0.5, 0.6) is 0 Å². The minimum Gasteiger partial charge on any atom is -0.382 e. The van der Waals surface area contributed by atoms with Gasteiger partial charge in [-0.2, -0.15) is 0 Å². The Bertz CT molecular complexity index is 422. The van der Waals surface area contributed by atoms with E-state index in [9.17, 15) is 0 Å². The first-order chi connectivity index (χ1) is 9.03. The van der Waals surface area contributed by atoms with Crippen molar-refractivity contribution >= 4 is 17.3 Å². The fourth-order valence-corrected chi connectivity index (χ4v) is 3.32. The number of nitrogens with zero attached hydrogens (tertiary/aromatic N) is 2. The number of nitrogens with one attached hydrogen (secondary N) is 1. The summed E-state index contributed by atoms with van der Waals surface area (Å²) in [5.41, 5.74) is 1.22. The Morgan fingerprint density at radius 2 is 2.32 bits per heavy atom. The van der Waals surface area contributed by atoms with Crippen LogP contribution in [0.2, 0.25) is 5.02 Å². The molecule has 1 saturated carbocycles. The highest BCUT2D eigenvalue weighted by molar-refractivity contribution is 6.33. The van der Waals surface area contributed by atoms with Gasteiger partial charge >= 0.3 is 0 Å². The number of rotatable bonds is 4. The molecule has 1 aliphatic rings. The highest BCUT2D eigenvalue weighted by Crippen LogP contribution is 2.36. The van der Waals surface area contributed by atoms with Crippen molar-refractivity contribution in [3.8, 4) is 0 Å². The number of hydrogen-bond acceptors (Lipinski definition) is 3. The van der Waals surface area contributed by atoms with E-state index in [2.05, 4.69) is 36.2 Å². The summed E-state index contributed by atoms with van der Waals surface area (Å²) >= 11 is 6.16. The van der Waals surface area contributed by atoms with Crippen LogP contribution in [0.1, 0.15) is 32.6 Å². The van der Waals surface area contributed by atoms with Crippen molar-refractivity contribution in [3.05, 3.63) is 23.5 Å². The topological polar surface area (TPSA) is 28.2 Å². The standard InChI is InChI=1S/C15H24ClN3/c1-12-5-4-7-15(9-12,19(2)3)11-18-14-6-8-17-10-13(14)16/h6,8,10,12H,4-5,7,9,11H2,1-3H3,(H,17,18). The molecule has 4 heteroatoms. The quantitative estimate of drug-likeness (QED) is 0.913. The van der Waals surface area contributed by atoms with Gasteiger partial charge in [0.1, 0.15) is 0 Å². The molecule has 3 nitrogen and oxygen atoms in total. The van der Waals surface area contributed by atoms with Crippen LogP contribution in [0.25, 0.3) is 0 Å². The maximum atomic E-state index is 6.16.